The van der Waals surface area contributed by atoms with Crippen LogP contribution in [0.15, 0.2) is 16.8 Å². The molecule has 1 aliphatic rings. The minimum atomic E-state index is -2.86. The monoisotopic (exact) mass is 244 g/mol. The van der Waals surface area contributed by atoms with Gasteiger partial charge in [-0.2, -0.15) is 11.3 Å². The molecule has 0 spiro atoms. The molecule has 5 heteroatoms. The van der Waals surface area contributed by atoms with Crippen LogP contribution in [0.3, 0.4) is 0 Å². The van der Waals surface area contributed by atoms with Gasteiger partial charge in [-0.25, -0.2) is 8.42 Å². The molecular formula is C10H12O3S2. The van der Waals surface area contributed by atoms with Gasteiger partial charge in [0.25, 0.3) is 0 Å². The van der Waals surface area contributed by atoms with Crippen molar-refractivity contribution in [2.45, 2.75) is 12.8 Å². The summed E-state index contributed by atoms with van der Waals surface area (Å²) in [6.45, 7) is 0. The van der Waals surface area contributed by atoms with Crippen molar-refractivity contribution in [2.24, 2.45) is 5.92 Å². The zero-order valence-electron chi connectivity index (χ0n) is 8.18. The van der Waals surface area contributed by atoms with Crippen LogP contribution >= 0.6 is 11.3 Å². The second kappa shape index (κ2) is 4.06. The van der Waals surface area contributed by atoms with Crippen molar-refractivity contribution in [2.75, 3.05) is 11.5 Å². The maximum Gasteiger partial charge on any atom is 0.164 e. The summed E-state index contributed by atoms with van der Waals surface area (Å²) in [4.78, 5) is 11.7. The van der Waals surface area contributed by atoms with Gasteiger partial charge in [0.15, 0.2) is 15.6 Å². The minimum Gasteiger partial charge on any atom is -0.294 e. The van der Waals surface area contributed by atoms with Gasteiger partial charge in [0.05, 0.1) is 11.5 Å². The first kappa shape index (κ1) is 10.8. The molecule has 1 saturated heterocycles. The quantitative estimate of drug-likeness (QED) is 0.761. The second-order valence-corrected chi connectivity index (χ2v) is 6.92. The van der Waals surface area contributed by atoms with E-state index < -0.39 is 9.84 Å². The average Bonchev–Trinajstić information content (AvgIpc) is 2.74. The highest BCUT2D eigenvalue weighted by atomic mass is 32.2. The molecule has 15 heavy (non-hydrogen) atoms. The van der Waals surface area contributed by atoms with Crippen LogP contribution < -0.4 is 0 Å². The zero-order valence-corrected chi connectivity index (χ0v) is 9.81. The molecule has 1 unspecified atom stereocenters. The fourth-order valence-electron chi connectivity index (χ4n) is 1.84. The highest BCUT2D eigenvalue weighted by Crippen LogP contribution is 2.23. The first-order valence-electron chi connectivity index (χ1n) is 4.83. The van der Waals surface area contributed by atoms with E-state index in [0.717, 1.165) is 0 Å². The maximum absolute atomic E-state index is 11.7. The third kappa shape index (κ3) is 2.66. The summed E-state index contributed by atoms with van der Waals surface area (Å²) in [5.41, 5.74) is 0.712. The average molecular weight is 244 g/mol. The Kier molecular flexibility index (Phi) is 2.93. The van der Waals surface area contributed by atoms with Crippen LogP contribution in [-0.4, -0.2) is 25.7 Å². The molecule has 0 amide bonds. The van der Waals surface area contributed by atoms with Crippen LogP contribution in [0.5, 0.6) is 0 Å². The number of carbonyl (C=O) groups is 1. The van der Waals surface area contributed by atoms with E-state index in [9.17, 15) is 13.2 Å². The molecule has 1 aromatic heterocycles. The number of Topliss-reactive ketones (excluding diaryl/α,β-unsaturated/α-hetero) is 1. The Labute approximate surface area is 93.0 Å². The van der Waals surface area contributed by atoms with E-state index in [1.165, 1.54) is 11.3 Å². The summed E-state index contributed by atoms with van der Waals surface area (Å²) < 4.78 is 22.4. The van der Waals surface area contributed by atoms with Gasteiger partial charge in [-0.15, -0.1) is 0 Å². The van der Waals surface area contributed by atoms with Crippen molar-refractivity contribution >= 4 is 27.0 Å². The second-order valence-electron chi connectivity index (χ2n) is 3.91. The van der Waals surface area contributed by atoms with E-state index in [0.29, 0.717) is 18.4 Å². The van der Waals surface area contributed by atoms with Gasteiger partial charge in [-0.1, -0.05) is 0 Å². The van der Waals surface area contributed by atoms with Crippen molar-refractivity contribution in [3.8, 4) is 0 Å². The highest BCUT2D eigenvalue weighted by molar-refractivity contribution is 7.91. The molecule has 1 aliphatic heterocycles. The summed E-state index contributed by atoms with van der Waals surface area (Å²) in [6.07, 6.45) is 1.01. The molecule has 0 bridgehead atoms. The van der Waals surface area contributed by atoms with Gasteiger partial charge < -0.3 is 0 Å². The highest BCUT2D eigenvalue weighted by Gasteiger charge is 2.29. The Morgan fingerprint density at radius 2 is 2.33 bits per heavy atom. The Morgan fingerprint density at radius 3 is 2.87 bits per heavy atom. The van der Waals surface area contributed by atoms with E-state index >= 15 is 0 Å². The number of hydrogen-bond acceptors (Lipinski definition) is 4. The summed E-state index contributed by atoms with van der Waals surface area (Å²) in [7, 11) is -2.86. The summed E-state index contributed by atoms with van der Waals surface area (Å²) in [6, 6.07) is 1.79. The SMILES string of the molecule is O=C(CC1CCS(=O)(=O)C1)c1ccsc1. The first-order valence-corrected chi connectivity index (χ1v) is 7.59. The van der Waals surface area contributed by atoms with Gasteiger partial charge in [0, 0.05) is 17.4 Å². The van der Waals surface area contributed by atoms with Gasteiger partial charge in [0.2, 0.25) is 0 Å². The smallest absolute Gasteiger partial charge is 0.164 e. The standard InChI is InChI=1S/C10H12O3S2/c11-10(9-1-3-14-6-9)5-8-2-4-15(12,13)7-8/h1,3,6,8H,2,4-5,7H2. The van der Waals surface area contributed by atoms with Crippen LogP contribution in [0, 0.1) is 5.92 Å². The van der Waals surface area contributed by atoms with E-state index in [1.807, 2.05) is 10.8 Å². The van der Waals surface area contributed by atoms with E-state index in [2.05, 4.69) is 0 Å². The molecule has 1 aromatic rings. The van der Waals surface area contributed by atoms with Crippen molar-refractivity contribution in [3.63, 3.8) is 0 Å². The molecule has 2 heterocycles. The number of sulfone groups is 1. The topological polar surface area (TPSA) is 51.2 Å². The Balaban J connectivity index is 1.97. The lowest BCUT2D eigenvalue weighted by molar-refractivity contribution is 0.0966. The predicted octanol–water partition coefficient (Wildman–Crippen LogP) is 1.76. The fourth-order valence-corrected chi connectivity index (χ4v) is 4.36. The number of hydrogen-bond donors (Lipinski definition) is 0. The van der Waals surface area contributed by atoms with Crippen molar-refractivity contribution in [3.05, 3.63) is 22.4 Å². The van der Waals surface area contributed by atoms with Gasteiger partial charge in [-0.05, 0) is 23.8 Å². The molecule has 0 radical (unpaired) electrons. The maximum atomic E-state index is 11.7. The summed E-state index contributed by atoms with van der Waals surface area (Å²) in [5, 5.41) is 3.67. The van der Waals surface area contributed by atoms with Crippen molar-refractivity contribution in [1.82, 2.24) is 0 Å². The molecule has 0 aromatic carbocycles. The summed E-state index contributed by atoms with van der Waals surface area (Å²) >= 11 is 1.49. The third-order valence-corrected chi connectivity index (χ3v) is 5.16. The first-order chi connectivity index (χ1) is 7.07. The van der Waals surface area contributed by atoms with E-state index in [1.54, 1.807) is 6.07 Å². The minimum absolute atomic E-state index is 0.0300. The lowest BCUT2D eigenvalue weighted by Crippen LogP contribution is -2.10. The van der Waals surface area contributed by atoms with Crippen molar-refractivity contribution < 1.29 is 13.2 Å². The summed E-state index contributed by atoms with van der Waals surface area (Å²) in [5.74, 6) is 0.526. The van der Waals surface area contributed by atoms with Crippen LogP contribution in [0.2, 0.25) is 0 Å². The lowest BCUT2D eigenvalue weighted by Gasteiger charge is -2.04. The van der Waals surface area contributed by atoms with Crippen LogP contribution in [0.1, 0.15) is 23.2 Å². The fraction of sp³-hybridized carbons (Fsp3) is 0.500. The Bertz CT molecular complexity index is 445. The number of carbonyl (C=O) groups excluding carboxylic acids is 1. The molecule has 3 nitrogen and oxygen atoms in total. The van der Waals surface area contributed by atoms with E-state index in [-0.39, 0.29) is 23.2 Å². The molecular weight excluding hydrogens is 232 g/mol. The lowest BCUT2D eigenvalue weighted by atomic mass is 9.99. The largest absolute Gasteiger partial charge is 0.294 e. The molecule has 0 N–H and O–H groups in total. The van der Waals surface area contributed by atoms with Crippen LogP contribution in [0.25, 0.3) is 0 Å². The molecule has 82 valence electrons. The Hall–Kier alpha value is -0.680. The molecule has 0 saturated carbocycles. The van der Waals surface area contributed by atoms with Crippen LogP contribution in [-0.2, 0) is 9.84 Å². The Morgan fingerprint density at radius 1 is 1.53 bits per heavy atom. The van der Waals surface area contributed by atoms with Gasteiger partial charge >= 0.3 is 0 Å². The van der Waals surface area contributed by atoms with E-state index in [4.69, 9.17) is 0 Å². The molecule has 2 rings (SSSR count). The van der Waals surface area contributed by atoms with Gasteiger partial charge in [-0.3, -0.25) is 4.79 Å². The van der Waals surface area contributed by atoms with Crippen molar-refractivity contribution in [1.29, 1.82) is 0 Å². The third-order valence-electron chi connectivity index (χ3n) is 2.64. The molecule has 0 aliphatic carbocycles. The number of thiophene rings is 1. The predicted molar refractivity (Wildman–Crippen MR) is 60.0 cm³/mol. The number of rotatable bonds is 3. The zero-order chi connectivity index (χ0) is 10.9. The number of ketones is 1. The van der Waals surface area contributed by atoms with Gasteiger partial charge in [0.1, 0.15) is 0 Å². The molecule has 1 fully saturated rings. The normalized spacial score (nSPS) is 24.1. The van der Waals surface area contributed by atoms with Crippen LogP contribution in [0.4, 0.5) is 0 Å². The molecule has 1 atom stereocenters.